The molecule has 20 rings (SSSR count). The summed E-state index contributed by atoms with van der Waals surface area (Å²) in [5.74, 6) is -1.43. The molecule has 147 heavy (non-hydrogen) atoms. The second kappa shape index (κ2) is 45.7. The first-order valence-electron chi connectivity index (χ1n) is 47.4. The van der Waals surface area contributed by atoms with E-state index in [1.165, 1.54) is 138 Å². The van der Waals surface area contributed by atoms with Crippen molar-refractivity contribution in [2.45, 2.75) is 147 Å². The Balaban J connectivity index is 0.000000132. The largest absolute Gasteiger partial charge is 0.465 e. The van der Waals surface area contributed by atoms with Crippen LogP contribution < -0.4 is 33.8 Å². The number of likely N-dealkylation sites (N-methyl/N-ethyl adjacent to an activating group) is 1. The molecule has 37 nitrogen and oxygen atoms in total. The van der Waals surface area contributed by atoms with E-state index in [0.717, 1.165) is 103 Å². The molecule has 1 atom stereocenters. The highest BCUT2D eigenvalue weighted by Crippen LogP contribution is 2.34. The van der Waals surface area contributed by atoms with E-state index in [2.05, 4.69) is 19.1 Å². The third-order valence-corrected chi connectivity index (χ3v) is 37.2. The minimum absolute atomic E-state index is 0.193. The zero-order chi connectivity index (χ0) is 105. The zero-order valence-corrected chi connectivity index (χ0v) is 86.7. The fourth-order valence-electron chi connectivity index (χ4n) is 17.9. The Kier molecular flexibility index (Phi) is 33.6. The number of piperazine rings is 1. The Morgan fingerprint density at radius 1 is 0.279 bits per heavy atom. The lowest BCUT2D eigenvalue weighted by molar-refractivity contribution is 0.0592. The summed E-state index contributed by atoms with van der Waals surface area (Å²) in [5.41, 5.74) is 4.45. The Bertz CT molecular complexity index is 8440. The number of carbonyl (C=O) groups is 3. The van der Waals surface area contributed by atoms with E-state index in [0.29, 0.717) is 134 Å². The summed E-state index contributed by atoms with van der Waals surface area (Å²) in [6.07, 6.45) is 10.1. The van der Waals surface area contributed by atoms with Crippen molar-refractivity contribution in [3.63, 3.8) is 0 Å². The smallest absolute Gasteiger partial charge is 0.356 e. The topological polar surface area (TPSA) is 488 Å². The standard InChI is InChI=1S/C20H17NO6S.C19H17NO4S.2C17H19NO6S.C16H19NO4S.C15H18N2O4S/c1-26-19(22)14-6-7-17-16(10-14)11-18(20(23)27-17)28(24,25)21-9-8-13-4-2-3-5-15(13)12-21;1-13-6-7-17-16(10-13)11-18(19(21)24-17)25(22,23)20-9-8-14-4-2-3-5-15(14)12-20;1-11-4-3-7-18(10-11)25(21,22)15-9-13-8-12(16(19)23-2)5-6-14(13)24-17(15)20;1-23-16(19)12-6-7-14-13(10-12)11-15(17(20)24-14)25(21,22)18-8-4-2-3-5-9-18;1-12-6-7-14-13(10-12)11-15(16(18)21-14)22(19,20)17-8-4-2-3-5-9-17;1-11-3-4-13-12(9-11)10-14(15(18)21-13)22(19,20)17-7-5-16(2)6-8-17/h2-7,10-11H,8-9,12H2,1H3;2-7,10-11H,8-9,12H2,1H3;5-6,8-9,11H,3-4,7,10H2,1-2H3;6-7,10-11H,2-5,8-9H2,1H3;6-7,10-11H,2-5,8-9H2,1H3;3-4,9-10H,5-8H2,1-2H3. The highest BCUT2D eigenvalue weighted by Gasteiger charge is 2.39. The Morgan fingerprint density at radius 2 is 0.524 bits per heavy atom. The van der Waals surface area contributed by atoms with E-state index in [1.54, 1.807) is 24.3 Å². The van der Waals surface area contributed by atoms with Gasteiger partial charge in [0.1, 0.15) is 33.5 Å². The number of nitrogens with zero attached hydrogens (tertiary/aromatic N) is 7. The van der Waals surface area contributed by atoms with Gasteiger partial charge in [0, 0.05) is 124 Å². The molecule has 0 N–H and O–H groups in total. The van der Waals surface area contributed by atoms with E-state index in [4.69, 9.17) is 26.5 Å². The first kappa shape index (κ1) is 108. The van der Waals surface area contributed by atoms with Gasteiger partial charge in [-0.1, -0.05) is 116 Å². The Labute approximate surface area is 846 Å². The second-order valence-corrected chi connectivity index (χ2v) is 47.9. The molecule has 8 aromatic carbocycles. The SMILES string of the molecule is COC(=O)c1ccc2oc(=O)c(S(=O)(=O)N3CCCC(C)C3)cc2c1.COC(=O)c1ccc2oc(=O)c(S(=O)(=O)N3CCCCCC3)cc2c1.COC(=O)c1ccc2oc(=O)c(S(=O)(=O)N3CCc4ccccc4C3)cc2c1.Cc1ccc2oc(=O)c(S(=O)(=O)N3CCCCCC3)cc2c1.Cc1ccc2oc(=O)c(S(=O)(=O)N3CCN(C)CC3)cc2c1.Cc1ccc2oc(=O)c(S(=O)(=O)N3CCc4ccccc4C3)cc2c1. The summed E-state index contributed by atoms with van der Waals surface area (Å²) in [7, 11) is -17.8. The predicted molar refractivity (Wildman–Crippen MR) is 546 cm³/mol. The van der Waals surface area contributed by atoms with E-state index in [1.807, 2.05) is 114 Å². The number of rotatable bonds is 15. The number of hydrogen-bond donors (Lipinski definition) is 0. The molecule has 776 valence electrons. The van der Waals surface area contributed by atoms with Crippen LogP contribution in [0.3, 0.4) is 0 Å². The van der Waals surface area contributed by atoms with Gasteiger partial charge in [-0.2, -0.15) is 25.8 Å². The quantitative estimate of drug-likeness (QED) is 0.0522. The number of benzene rings is 8. The number of fused-ring (bicyclic) bond motifs is 8. The lowest BCUT2D eigenvalue weighted by atomic mass is 10.0. The molecule has 1 unspecified atom stereocenters. The second-order valence-electron chi connectivity index (χ2n) is 36.4. The van der Waals surface area contributed by atoms with Gasteiger partial charge < -0.3 is 45.6 Å². The van der Waals surface area contributed by atoms with Crippen molar-refractivity contribution in [3.05, 3.63) is 312 Å². The van der Waals surface area contributed by atoms with Crippen molar-refractivity contribution in [1.29, 1.82) is 0 Å². The molecule has 6 aliphatic rings. The number of sulfonamides is 6. The monoisotopic (exact) mass is 2130 g/mol. The molecule has 0 bridgehead atoms. The third kappa shape index (κ3) is 24.5. The van der Waals surface area contributed by atoms with E-state index in [9.17, 15) is 93.7 Å². The summed E-state index contributed by atoms with van der Waals surface area (Å²) in [4.78, 5) is 108. The van der Waals surface area contributed by atoms with Gasteiger partial charge in [0.05, 0.1) is 38.0 Å². The number of aryl methyl sites for hydroxylation is 3. The molecule has 14 aromatic rings. The maximum absolute atomic E-state index is 13.1. The summed E-state index contributed by atoms with van der Waals surface area (Å²) < 4.78 is 208. The van der Waals surface area contributed by atoms with Gasteiger partial charge in [-0.3, -0.25) is 0 Å². The van der Waals surface area contributed by atoms with Crippen molar-refractivity contribution in [3.8, 4) is 0 Å². The maximum Gasteiger partial charge on any atom is 0.356 e. The fraction of sp³-hybridized carbons (Fsp3) is 0.337. The van der Waals surface area contributed by atoms with Crippen molar-refractivity contribution < 1.29 is 106 Å². The highest BCUT2D eigenvalue weighted by atomic mass is 32.2. The van der Waals surface area contributed by atoms with Crippen LogP contribution in [-0.4, -0.2) is 206 Å². The molecule has 0 spiro atoms. The lowest BCUT2D eigenvalue weighted by Gasteiger charge is -2.31. The van der Waals surface area contributed by atoms with Crippen molar-refractivity contribution in [2.24, 2.45) is 5.92 Å². The van der Waals surface area contributed by atoms with Crippen LogP contribution in [0.1, 0.15) is 141 Å². The van der Waals surface area contributed by atoms with Crippen LogP contribution >= 0.6 is 0 Å². The molecule has 43 heteroatoms. The lowest BCUT2D eigenvalue weighted by Crippen LogP contribution is -2.47. The molecule has 0 radical (unpaired) electrons. The van der Waals surface area contributed by atoms with Crippen molar-refractivity contribution >= 4 is 144 Å². The minimum Gasteiger partial charge on any atom is -0.465 e. The van der Waals surface area contributed by atoms with Gasteiger partial charge in [-0.25, -0.2) is 93.7 Å². The van der Waals surface area contributed by atoms with Crippen LogP contribution in [0.2, 0.25) is 0 Å². The summed E-state index contributed by atoms with van der Waals surface area (Å²) in [5, 5.41) is 2.90. The molecule has 4 fully saturated rings. The molecule has 0 saturated carbocycles. The molecule has 0 aliphatic carbocycles. The predicted octanol–water partition coefficient (Wildman–Crippen LogP) is 13.0. The summed E-state index contributed by atoms with van der Waals surface area (Å²) >= 11 is 0. The molecule has 6 aliphatic heterocycles. The number of carbonyl (C=O) groups excluding carboxylic acids is 3. The normalized spacial score (nSPS) is 16.7. The number of hydrogen-bond acceptors (Lipinski definition) is 31. The van der Waals surface area contributed by atoms with Gasteiger partial charge in [0.25, 0.3) is 20.0 Å². The van der Waals surface area contributed by atoms with Crippen LogP contribution in [-0.2, 0) is 100 Å². The number of esters is 3. The van der Waals surface area contributed by atoms with Crippen molar-refractivity contribution in [1.82, 2.24) is 30.7 Å². The fourth-order valence-corrected chi connectivity index (χ4v) is 27.0. The third-order valence-electron chi connectivity index (χ3n) is 26.0. The minimum atomic E-state index is -4.05. The van der Waals surface area contributed by atoms with Gasteiger partial charge in [-0.15, -0.1) is 0 Å². The zero-order valence-electron chi connectivity index (χ0n) is 81.8. The molecule has 4 saturated heterocycles. The number of methoxy groups -OCH3 is 3. The van der Waals surface area contributed by atoms with Gasteiger partial charge in [-0.05, 0) is 235 Å². The van der Waals surface area contributed by atoms with Crippen LogP contribution in [0.4, 0.5) is 0 Å². The summed E-state index contributed by atoms with van der Waals surface area (Å²) in [6, 6.07) is 52.4. The molecular formula is C104H109N7O30S6. The highest BCUT2D eigenvalue weighted by molar-refractivity contribution is 7.90. The van der Waals surface area contributed by atoms with Gasteiger partial charge in [0.15, 0.2) is 29.4 Å². The molecule has 0 amide bonds. The first-order valence-corrected chi connectivity index (χ1v) is 56.1. The average Bonchev–Trinajstić information content (AvgIpc) is 0.949. The maximum atomic E-state index is 13.1. The van der Waals surface area contributed by atoms with E-state index in [-0.39, 0.29) is 73.7 Å². The van der Waals surface area contributed by atoms with Crippen LogP contribution in [0.15, 0.2) is 279 Å². The molecular weight excluding hydrogens is 2020 g/mol. The number of ether oxygens (including phenoxy) is 3. The van der Waals surface area contributed by atoms with E-state index < -0.39 is 126 Å². The van der Waals surface area contributed by atoms with Crippen LogP contribution in [0.25, 0.3) is 65.8 Å². The Hall–Kier alpha value is -13.2. The van der Waals surface area contributed by atoms with Gasteiger partial charge in [0.2, 0.25) is 40.1 Å². The van der Waals surface area contributed by atoms with Crippen molar-refractivity contribution in [2.75, 3.05) is 107 Å². The van der Waals surface area contributed by atoms with E-state index >= 15 is 0 Å². The summed E-state index contributed by atoms with van der Waals surface area (Å²) in [6.45, 7) is 13.3. The Morgan fingerprint density at radius 3 is 0.803 bits per heavy atom. The molecule has 6 aromatic heterocycles. The van der Waals surface area contributed by atoms with Crippen LogP contribution in [0.5, 0.6) is 0 Å². The molecule has 12 heterocycles. The van der Waals surface area contributed by atoms with Crippen LogP contribution in [0, 0.1) is 26.7 Å². The first-order chi connectivity index (χ1) is 70.0. The average molecular weight is 2130 g/mol. The van der Waals surface area contributed by atoms with Gasteiger partial charge >= 0.3 is 51.7 Å². The number of piperidine rings is 1.